The van der Waals surface area contributed by atoms with Crippen molar-refractivity contribution >= 4 is 11.8 Å². The van der Waals surface area contributed by atoms with Crippen LogP contribution in [0.15, 0.2) is 54.6 Å². The van der Waals surface area contributed by atoms with Crippen LogP contribution in [0.5, 0.6) is 0 Å². The first kappa shape index (κ1) is 26.7. The summed E-state index contributed by atoms with van der Waals surface area (Å²) in [5, 5.41) is 0. The Morgan fingerprint density at radius 2 is 1.61 bits per heavy atom. The van der Waals surface area contributed by atoms with Crippen LogP contribution < -0.4 is 0 Å². The zero-order chi connectivity index (χ0) is 26.9. The molecule has 3 aliphatic heterocycles. The van der Waals surface area contributed by atoms with Crippen molar-refractivity contribution < 1.29 is 22.8 Å². The van der Waals surface area contributed by atoms with Gasteiger partial charge in [0.15, 0.2) is 0 Å². The molecule has 0 unspecified atom stereocenters. The van der Waals surface area contributed by atoms with Crippen molar-refractivity contribution in [2.24, 2.45) is 11.3 Å². The molecule has 3 heterocycles. The number of amides is 2. The van der Waals surface area contributed by atoms with E-state index in [1.807, 2.05) is 22.8 Å². The van der Waals surface area contributed by atoms with Gasteiger partial charge in [-0.1, -0.05) is 49.4 Å². The lowest BCUT2D eigenvalue weighted by molar-refractivity contribution is -0.139. The van der Waals surface area contributed by atoms with Gasteiger partial charge in [0.2, 0.25) is 11.8 Å². The second-order valence-electron chi connectivity index (χ2n) is 11.2. The summed E-state index contributed by atoms with van der Waals surface area (Å²) in [6, 6.07) is 15.6. The van der Waals surface area contributed by atoms with Gasteiger partial charge in [-0.15, -0.1) is 0 Å². The number of benzene rings is 2. The minimum Gasteiger partial charge on any atom is -0.342 e. The van der Waals surface area contributed by atoms with Crippen molar-refractivity contribution in [3.63, 3.8) is 0 Å². The highest BCUT2D eigenvalue weighted by Crippen LogP contribution is 2.43. The summed E-state index contributed by atoms with van der Waals surface area (Å²) in [7, 11) is 0. The molecule has 0 bridgehead atoms. The summed E-state index contributed by atoms with van der Waals surface area (Å²) >= 11 is 0. The fourth-order valence-corrected chi connectivity index (χ4v) is 6.58. The first-order valence-corrected chi connectivity index (χ1v) is 13.7. The van der Waals surface area contributed by atoms with Crippen LogP contribution in [0.4, 0.5) is 13.2 Å². The number of hydrogen-bond acceptors (Lipinski definition) is 3. The van der Waals surface area contributed by atoms with Crippen LogP contribution in [0.3, 0.4) is 0 Å². The number of carbonyl (C=O) groups is 2. The maximum absolute atomic E-state index is 13.4. The van der Waals surface area contributed by atoms with Crippen molar-refractivity contribution in [1.29, 1.82) is 0 Å². The van der Waals surface area contributed by atoms with Crippen molar-refractivity contribution in [3.8, 4) is 0 Å². The number of rotatable bonds is 6. The molecule has 0 radical (unpaired) electrons. The zero-order valence-corrected chi connectivity index (χ0v) is 21.9. The SMILES string of the molecule is CCC(=O)N1C[C@H](CN2CCC3(CC2)CCN(Cc2ccc(C(F)(F)F)cc2)C3=O)[C@@H](c2ccccc2)C1. The molecule has 1 spiro atoms. The number of carbonyl (C=O) groups excluding carboxylic acids is 2. The lowest BCUT2D eigenvalue weighted by atomic mass is 9.76. The van der Waals surface area contributed by atoms with E-state index in [0.717, 1.165) is 69.7 Å². The first-order chi connectivity index (χ1) is 18.2. The van der Waals surface area contributed by atoms with E-state index in [0.29, 0.717) is 31.3 Å². The van der Waals surface area contributed by atoms with Crippen molar-refractivity contribution in [1.82, 2.24) is 14.7 Å². The highest BCUT2D eigenvalue weighted by atomic mass is 19.4. The van der Waals surface area contributed by atoms with Crippen LogP contribution >= 0.6 is 0 Å². The van der Waals surface area contributed by atoms with Crippen LogP contribution in [0.25, 0.3) is 0 Å². The molecule has 0 N–H and O–H groups in total. The lowest BCUT2D eigenvalue weighted by Crippen LogP contribution is -2.46. The molecule has 8 heteroatoms. The minimum absolute atomic E-state index is 0.139. The predicted octanol–water partition coefficient (Wildman–Crippen LogP) is 5.17. The first-order valence-electron chi connectivity index (χ1n) is 13.7. The highest BCUT2D eigenvalue weighted by molar-refractivity contribution is 5.85. The Morgan fingerprint density at radius 3 is 2.24 bits per heavy atom. The largest absolute Gasteiger partial charge is 0.416 e. The molecule has 0 aromatic heterocycles. The topological polar surface area (TPSA) is 43.9 Å². The molecule has 0 aliphatic carbocycles. The molecule has 204 valence electrons. The lowest BCUT2D eigenvalue weighted by Gasteiger charge is -2.39. The third-order valence-electron chi connectivity index (χ3n) is 8.89. The van der Waals surface area contributed by atoms with Gasteiger partial charge in [0.1, 0.15) is 0 Å². The highest BCUT2D eigenvalue weighted by Gasteiger charge is 2.48. The third-order valence-corrected chi connectivity index (χ3v) is 8.89. The number of piperidine rings is 1. The monoisotopic (exact) mass is 527 g/mol. The molecule has 5 nitrogen and oxygen atoms in total. The van der Waals surface area contributed by atoms with Crippen molar-refractivity contribution in [2.75, 3.05) is 39.3 Å². The Kier molecular flexibility index (Phi) is 7.54. The summed E-state index contributed by atoms with van der Waals surface area (Å²) in [5.41, 5.74) is 0.973. The van der Waals surface area contributed by atoms with Gasteiger partial charge < -0.3 is 14.7 Å². The molecule has 5 rings (SSSR count). The third kappa shape index (κ3) is 5.46. The van der Waals surface area contributed by atoms with E-state index < -0.39 is 11.7 Å². The van der Waals surface area contributed by atoms with Gasteiger partial charge in [-0.05, 0) is 61.5 Å². The Morgan fingerprint density at radius 1 is 0.947 bits per heavy atom. The van der Waals surface area contributed by atoms with Gasteiger partial charge in [0, 0.05) is 45.1 Å². The molecule has 2 atom stereocenters. The van der Waals surface area contributed by atoms with Crippen LogP contribution in [-0.4, -0.2) is 65.8 Å². The average molecular weight is 528 g/mol. The van der Waals surface area contributed by atoms with Gasteiger partial charge >= 0.3 is 6.18 Å². The maximum atomic E-state index is 13.4. The van der Waals surface area contributed by atoms with Gasteiger partial charge in [-0.3, -0.25) is 9.59 Å². The Bertz CT molecular complexity index is 1130. The van der Waals surface area contributed by atoms with E-state index in [2.05, 4.69) is 29.2 Å². The summed E-state index contributed by atoms with van der Waals surface area (Å²) < 4.78 is 38.6. The summed E-state index contributed by atoms with van der Waals surface area (Å²) in [6.07, 6.45) is -1.44. The van der Waals surface area contributed by atoms with E-state index in [1.165, 1.54) is 17.7 Å². The van der Waals surface area contributed by atoms with Crippen LogP contribution in [-0.2, 0) is 22.3 Å². The molecule has 3 fully saturated rings. The second-order valence-corrected chi connectivity index (χ2v) is 11.2. The zero-order valence-electron chi connectivity index (χ0n) is 21.9. The Balaban J connectivity index is 1.18. The van der Waals surface area contributed by atoms with Crippen LogP contribution in [0.1, 0.15) is 55.2 Å². The van der Waals surface area contributed by atoms with Crippen molar-refractivity contribution in [3.05, 3.63) is 71.3 Å². The molecular formula is C30H36F3N3O2. The van der Waals surface area contributed by atoms with E-state index in [9.17, 15) is 22.8 Å². The van der Waals surface area contributed by atoms with E-state index in [-0.39, 0.29) is 17.2 Å². The Labute approximate surface area is 222 Å². The normalized spacial score (nSPS) is 23.9. The average Bonchev–Trinajstić information content (AvgIpc) is 3.47. The predicted molar refractivity (Wildman–Crippen MR) is 139 cm³/mol. The molecule has 2 aromatic rings. The Hall–Kier alpha value is -2.87. The second kappa shape index (κ2) is 10.7. The molecule has 0 saturated carbocycles. The smallest absolute Gasteiger partial charge is 0.342 e. The van der Waals surface area contributed by atoms with E-state index in [1.54, 1.807) is 0 Å². The van der Waals surface area contributed by atoms with E-state index >= 15 is 0 Å². The summed E-state index contributed by atoms with van der Waals surface area (Å²) in [6.45, 7) is 7.05. The fourth-order valence-electron chi connectivity index (χ4n) is 6.58. The summed E-state index contributed by atoms with van der Waals surface area (Å²) in [4.78, 5) is 32.2. The van der Waals surface area contributed by atoms with Gasteiger partial charge in [0.05, 0.1) is 11.0 Å². The molecule has 38 heavy (non-hydrogen) atoms. The number of hydrogen-bond donors (Lipinski definition) is 0. The number of halogens is 3. The number of likely N-dealkylation sites (tertiary alicyclic amines) is 3. The maximum Gasteiger partial charge on any atom is 0.416 e. The van der Waals surface area contributed by atoms with Crippen LogP contribution in [0.2, 0.25) is 0 Å². The molecule has 3 aliphatic rings. The van der Waals surface area contributed by atoms with Crippen LogP contribution in [0, 0.1) is 11.3 Å². The molecule has 2 aromatic carbocycles. The number of nitrogens with zero attached hydrogens (tertiary/aromatic N) is 3. The van der Waals surface area contributed by atoms with E-state index in [4.69, 9.17) is 0 Å². The van der Waals surface area contributed by atoms with Crippen molar-refractivity contribution in [2.45, 2.75) is 51.2 Å². The standard InChI is InChI=1S/C30H36F3N3O2/c1-2-27(37)36-20-24(26(21-36)23-6-4-3-5-7-23)19-34-15-12-29(13-16-34)14-17-35(28(29)38)18-22-8-10-25(11-9-22)30(31,32)33/h3-11,24,26H,2,12-21H2,1H3/t24-,26+/m0/s1. The molecule has 2 amide bonds. The van der Waals surface area contributed by atoms with Gasteiger partial charge in [0.25, 0.3) is 0 Å². The fraction of sp³-hybridized carbons (Fsp3) is 0.533. The van der Waals surface area contributed by atoms with Gasteiger partial charge in [-0.25, -0.2) is 0 Å². The van der Waals surface area contributed by atoms with Gasteiger partial charge in [-0.2, -0.15) is 13.2 Å². The number of alkyl halides is 3. The minimum atomic E-state index is -4.36. The molecule has 3 saturated heterocycles. The quantitative estimate of drug-likeness (QED) is 0.521. The molecular weight excluding hydrogens is 491 g/mol. The summed E-state index contributed by atoms with van der Waals surface area (Å²) in [5.74, 6) is 1.02.